The molecule has 0 unspecified atom stereocenters. The van der Waals surface area contributed by atoms with Gasteiger partial charge in [-0.1, -0.05) is 0 Å². The maximum atomic E-state index is 10.0. The molecule has 122 valence electrons. The van der Waals surface area contributed by atoms with Crippen LogP contribution in [0.15, 0.2) is 57.1 Å². The van der Waals surface area contributed by atoms with E-state index >= 15 is 0 Å². The van der Waals surface area contributed by atoms with Gasteiger partial charge in [-0.3, -0.25) is 0 Å². The van der Waals surface area contributed by atoms with Crippen molar-refractivity contribution in [3.8, 4) is 11.5 Å². The minimum absolute atomic E-state index is 0.105. The summed E-state index contributed by atoms with van der Waals surface area (Å²) in [6.45, 7) is 0. The molecule has 0 saturated heterocycles. The summed E-state index contributed by atoms with van der Waals surface area (Å²) < 4.78 is 3.05. The predicted octanol–water partition coefficient (Wildman–Crippen LogP) is 3.40. The van der Waals surface area contributed by atoms with Gasteiger partial charge in [-0.15, -0.1) is 20.5 Å². The third-order valence-corrected chi connectivity index (χ3v) is 3.18. The quantitative estimate of drug-likeness (QED) is 0.563. The highest BCUT2D eigenvalue weighted by molar-refractivity contribution is 5.65. The van der Waals surface area contributed by atoms with Gasteiger partial charge in [-0.2, -0.15) is 10.2 Å². The largest absolute Gasteiger partial charge is 0.506 e. The van der Waals surface area contributed by atoms with E-state index in [0.717, 1.165) is 0 Å². The molecule has 0 aliphatic rings. The fourth-order valence-corrected chi connectivity index (χ4v) is 1.86. The smallest absolute Gasteiger partial charge is 0.172 e. The molecule has 0 radical (unpaired) electrons. The molecular weight excluding hydrogens is 312 g/mol. The van der Waals surface area contributed by atoms with E-state index in [-0.39, 0.29) is 22.9 Å². The first kappa shape index (κ1) is 15.3. The summed E-state index contributed by atoms with van der Waals surface area (Å²) >= 11 is 0. The van der Waals surface area contributed by atoms with Crippen LogP contribution >= 0.6 is 0 Å². The van der Waals surface area contributed by atoms with Crippen LogP contribution in [0.1, 0.15) is 0 Å². The summed E-state index contributed by atoms with van der Waals surface area (Å²) in [5.74, 6) is 0.651. The third-order valence-electron chi connectivity index (χ3n) is 3.18. The Morgan fingerprint density at radius 2 is 1.17 bits per heavy atom. The van der Waals surface area contributed by atoms with E-state index in [9.17, 15) is 10.2 Å². The zero-order valence-corrected chi connectivity index (χ0v) is 12.9. The Hall–Kier alpha value is -3.56. The summed E-state index contributed by atoms with van der Waals surface area (Å²) in [7, 11) is 3.43. The summed E-state index contributed by atoms with van der Waals surface area (Å²) in [6, 6.07) is 5.84. The van der Waals surface area contributed by atoms with Crippen LogP contribution in [0, 0.1) is 0 Å². The Morgan fingerprint density at radius 1 is 0.750 bits per heavy atom. The van der Waals surface area contributed by atoms with Crippen molar-refractivity contribution in [2.24, 2.45) is 34.6 Å². The maximum absolute atomic E-state index is 10.0. The first-order valence-corrected chi connectivity index (χ1v) is 6.90. The lowest BCUT2D eigenvalue weighted by Crippen LogP contribution is -1.87. The Morgan fingerprint density at radius 3 is 1.50 bits per heavy atom. The van der Waals surface area contributed by atoms with Crippen molar-refractivity contribution < 1.29 is 10.2 Å². The number of azo groups is 2. The number of hydrogen-bond donors (Lipinski definition) is 2. The molecule has 2 heterocycles. The number of aromatic nitrogens is 4. The normalized spacial score (nSPS) is 11.8. The lowest BCUT2D eigenvalue weighted by molar-refractivity contribution is 0.462. The zero-order valence-electron chi connectivity index (χ0n) is 12.9. The van der Waals surface area contributed by atoms with E-state index in [0.29, 0.717) is 11.6 Å². The predicted molar refractivity (Wildman–Crippen MR) is 84.5 cm³/mol. The fraction of sp³-hybridized carbons (Fsp3) is 0.143. The number of benzene rings is 1. The second-order valence-corrected chi connectivity index (χ2v) is 4.86. The lowest BCUT2D eigenvalue weighted by Gasteiger charge is -2.02. The molecule has 3 rings (SSSR count). The summed E-state index contributed by atoms with van der Waals surface area (Å²) in [6.07, 6.45) is 3.15. The van der Waals surface area contributed by atoms with Crippen LogP contribution in [0.5, 0.6) is 11.5 Å². The van der Waals surface area contributed by atoms with Gasteiger partial charge >= 0.3 is 0 Å². The topological polar surface area (TPSA) is 126 Å². The van der Waals surface area contributed by atoms with Crippen molar-refractivity contribution in [1.82, 2.24) is 19.6 Å². The number of rotatable bonds is 4. The summed E-state index contributed by atoms with van der Waals surface area (Å²) in [5.41, 5.74) is 0.210. The van der Waals surface area contributed by atoms with Gasteiger partial charge in [0.2, 0.25) is 0 Å². The molecule has 2 aromatic heterocycles. The SMILES string of the molecule is Cn1nccc1/N=N/c1cc(O)c(/N=N/c2ccnn2C)cc1O. The second-order valence-electron chi connectivity index (χ2n) is 4.86. The standard InChI is InChI=1S/C14H14N8O2/c1-21-13(3-5-15-21)19-17-9-7-12(24)10(8-11(9)23)18-20-14-4-6-16-22(14)2/h3-8,23-24H,1-2H3/b19-17+,20-18+. The van der Waals surface area contributed by atoms with Gasteiger partial charge in [0, 0.05) is 38.4 Å². The van der Waals surface area contributed by atoms with E-state index in [2.05, 4.69) is 30.7 Å². The second kappa shape index (κ2) is 6.28. The van der Waals surface area contributed by atoms with Gasteiger partial charge < -0.3 is 10.2 Å². The fourth-order valence-electron chi connectivity index (χ4n) is 1.86. The molecule has 0 atom stereocenters. The average molecular weight is 326 g/mol. The van der Waals surface area contributed by atoms with Crippen LogP contribution in [0.3, 0.4) is 0 Å². The maximum Gasteiger partial charge on any atom is 0.172 e. The molecule has 3 aromatic rings. The molecule has 0 fully saturated rings. The molecule has 24 heavy (non-hydrogen) atoms. The molecule has 1 aromatic carbocycles. The average Bonchev–Trinajstić information content (AvgIpc) is 3.15. The monoisotopic (exact) mass is 326 g/mol. The van der Waals surface area contributed by atoms with Crippen molar-refractivity contribution in [2.45, 2.75) is 0 Å². The third kappa shape index (κ3) is 3.11. The highest BCUT2D eigenvalue weighted by atomic mass is 16.3. The van der Waals surface area contributed by atoms with Crippen molar-refractivity contribution >= 4 is 23.0 Å². The summed E-state index contributed by atoms with van der Waals surface area (Å²) in [4.78, 5) is 0. The van der Waals surface area contributed by atoms with Crippen LogP contribution < -0.4 is 0 Å². The number of phenols is 2. The minimum atomic E-state index is -0.183. The van der Waals surface area contributed by atoms with E-state index < -0.39 is 0 Å². The number of aryl methyl sites for hydroxylation is 2. The van der Waals surface area contributed by atoms with Crippen LogP contribution in [0.25, 0.3) is 0 Å². The number of hydrogen-bond acceptors (Lipinski definition) is 8. The molecular formula is C14H14N8O2. The molecule has 0 aliphatic heterocycles. The first-order chi connectivity index (χ1) is 11.5. The molecule has 2 N–H and O–H groups in total. The molecule has 0 spiro atoms. The van der Waals surface area contributed by atoms with Crippen LogP contribution in [-0.4, -0.2) is 29.8 Å². The van der Waals surface area contributed by atoms with E-state index in [4.69, 9.17) is 0 Å². The number of nitrogens with zero attached hydrogens (tertiary/aromatic N) is 8. The van der Waals surface area contributed by atoms with Gasteiger partial charge in [0.25, 0.3) is 0 Å². The molecule has 10 nitrogen and oxygen atoms in total. The highest BCUT2D eigenvalue weighted by Gasteiger charge is 2.09. The van der Waals surface area contributed by atoms with E-state index in [1.807, 2.05) is 0 Å². The first-order valence-electron chi connectivity index (χ1n) is 6.90. The van der Waals surface area contributed by atoms with Crippen molar-refractivity contribution in [1.29, 1.82) is 0 Å². The van der Waals surface area contributed by atoms with E-state index in [1.165, 1.54) is 21.5 Å². The Kier molecular flexibility index (Phi) is 4.01. The number of phenolic OH excluding ortho intramolecular Hbond substituents is 2. The Bertz CT molecular complexity index is 849. The molecule has 0 amide bonds. The van der Waals surface area contributed by atoms with Gasteiger partial charge in [0.1, 0.15) is 22.9 Å². The van der Waals surface area contributed by atoms with Crippen molar-refractivity contribution in [2.75, 3.05) is 0 Å². The minimum Gasteiger partial charge on any atom is -0.506 e. The van der Waals surface area contributed by atoms with Gasteiger partial charge in [0.05, 0.1) is 12.4 Å². The Labute approximate surface area is 136 Å². The van der Waals surface area contributed by atoms with Crippen LogP contribution in [0.2, 0.25) is 0 Å². The van der Waals surface area contributed by atoms with Crippen molar-refractivity contribution in [3.63, 3.8) is 0 Å². The molecule has 0 saturated carbocycles. The Balaban J connectivity index is 1.86. The van der Waals surface area contributed by atoms with Crippen LogP contribution in [-0.2, 0) is 14.1 Å². The zero-order chi connectivity index (χ0) is 17.1. The van der Waals surface area contributed by atoms with Gasteiger partial charge in [-0.25, -0.2) is 9.36 Å². The summed E-state index contributed by atoms with van der Waals surface area (Å²) in [5, 5.41) is 43.7. The van der Waals surface area contributed by atoms with Gasteiger partial charge in [-0.05, 0) is 0 Å². The molecule has 0 bridgehead atoms. The highest BCUT2D eigenvalue weighted by Crippen LogP contribution is 2.39. The molecule has 0 aliphatic carbocycles. The lowest BCUT2D eigenvalue weighted by atomic mass is 10.2. The van der Waals surface area contributed by atoms with Gasteiger partial charge in [0.15, 0.2) is 11.6 Å². The van der Waals surface area contributed by atoms with Crippen LogP contribution in [0.4, 0.5) is 23.0 Å². The van der Waals surface area contributed by atoms with E-state index in [1.54, 1.807) is 38.6 Å². The molecule has 10 heteroatoms. The van der Waals surface area contributed by atoms with Crippen molar-refractivity contribution in [3.05, 3.63) is 36.7 Å². The number of aromatic hydroxyl groups is 2.